The summed E-state index contributed by atoms with van der Waals surface area (Å²) < 4.78 is 0. The molecule has 0 aromatic heterocycles. The number of nitrogens with zero attached hydrogens (tertiary/aromatic N) is 2. The average Bonchev–Trinajstić information content (AvgIpc) is 3.14. The minimum atomic E-state index is 0. The molecule has 5 heteroatoms. The van der Waals surface area contributed by atoms with Gasteiger partial charge in [-0.2, -0.15) is 0 Å². The largest absolute Gasteiger partial charge is 0.370 e. The number of nitrogens with two attached hydrogens (primary N) is 1. The second-order valence-corrected chi connectivity index (χ2v) is 6.52. The monoisotopic (exact) mass is 428 g/mol. The summed E-state index contributed by atoms with van der Waals surface area (Å²) in [6.07, 6.45) is 7.43. The molecule has 1 aliphatic heterocycles. The average molecular weight is 428 g/mol. The van der Waals surface area contributed by atoms with Crippen LogP contribution in [0, 0.1) is 0 Å². The minimum absolute atomic E-state index is 0. The Morgan fingerprint density at radius 1 is 1.30 bits per heavy atom. The van der Waals surface area contributed by atoms with Crippen LogP contribution in [0.5, 0.6) is 0 Å². The van der Waals surface area contributed by atoms with Gasteiger partial charge in [-0.15, -0.1) is 24.0 Å². The van der Waals surface area contributed by atoms with Gasteiger partial charge in [0, 0.05) is 11.7 Å². The van der Waals surface area contributed by atoms with Gasteiger partial charge in [0.15, 0.2) is 5.96 Å². The van der Waals surface area contributed by atoms with E-state index in [0.29, 0.717) is 12.0 Å². The Labute approximate surface area is 156 Å². The third-order valence-electron chi connectivity index (χ3n) is 4.85. The molecular formula is C18H29IN4. The molecule has 0 radical (unpaired) electrons. The molecule has 1 aliphatic carbocycles. The van der Waals surface area contributed by atoms with Crippen molar-refractivity contribution in [1.82, 2.24) is 4.90 Å². The number of hydrogen-bond acceptors (Lipinski definition) is 2. The van der Waals surface area contributed by atoms with E-state index in [-0.39, 0.29) is 24.0 Å². The van der Waals surface area contributed by atoms with Gasteiger partial charge < -0.3 is 11.1 Å². The van der Waals surface area contributed by atoms with Crippen LogP contribution in [0.1, 0.15) is 43.7 Å². The van der Waals surface area contributed by atoms with Gasteiger partial charge in [0.05, 0.1) is 6.54 Å². The fraction of sp³-hybridized carbons (Fsp3) is 0.611. The minimum Gasteiger partial charge on any atom is -0.370 e. The maximum atomic E-state index is 6.07. The smallest absolute Gasteiger partial charge is 0.193 e. The van der Waals surface area contributed by atoms with Crippen molar-refractivity contribution in [1.29, 1.82) is 0 Å². The second-order valence-electron chi connectivity index (χ2n) is 6.52. The summed E-state index contributed by atoms with van der Waals surface area (Å²) in [6.45, 7) is 5.44. The van der Waals surface area contributed by atoms with Crippen LogP contribution in [0.3, 0.4) is 0 Å². The fourth-order valence-electron chi connectivity index (χ4n) is 3.72. The van der Waals surface area contributed by atoms with Crippen molar-refractivity contribution in [3.8, 4) is 0 Å². The first-order valence-corrected chi connectivity index (χ1v) is 8.69. The van der Waals surface area contributed by atoms with Crippen molar-refractivity contribution < 1.29 is 0 Å². The molecule has 1 aromatic rings. The normalized spacial score (nSPS) is 21.1. The molecule has 1 saturated heterocycles. The Bertz CT molecular complexity index is 544. The maximum absolute atomic E-state index is 6.07. The zero-order valence-corrected chi connectivity index (χ0v) is 16.4. The third-order valence-corrected chi connectivity index (χ3v) is 4.85. The molecule has 0 spiro atoms. The SMILES string of the molecule is CCCN1CCC[C@H]1CN=C(N)Nc1ccc2c(c1)CCC2.I. The molecule has 128 valence electrons. The van der Waals surface area contributed by atoms with Crippen molar-refractivity contribution in [2.24, 2.45) is 10.7 Å². The number of likely N-dealkylation sites (tertiary alicyclic amines) is 1. The summed E-state index contributed by atoms with van der Waals surface area (Å²) in [5.41, 5.74) is 10.1. The summed E-state index contributed by atoms with van der Waals surface area (Å²) in [4.78, 5) is 7.12. The van der Waals surface area contributed by atoms with E-state index in [9.17, 15) is 0 Å². The van der Waals surface area contributed by atoms with E-state index < -0.39 is 0 Å². The molecule has 3 rings (SSSR count). The number of fused-ring (bicyclic) bond motifs is 1. The summed E-state index contributed by atoms with van der Waals surface area (Å²) in [6, 6.07) is 7.13. The van der Waals surface area contributed by atoms with E-state index in [2.05, 4.69) is 40.3 Å². The van der Waals surface area contributed by atoms with Crippen LogP contribution in [0.15, 0.2) is 23.2 Å². The van der Waals surface area contributed by atoms with E-state index in [0.717, 1.165) is 12.2 Å². The molecule has 4 nitrogen and oxygen atoms in total. The topological polar surface area (TPSA) is 53.6 Å². The van der Waals surface area contributed by atoms with Crippen molar-refractivity contribution in [3.05, 3.63) is 29.3 Å². The highest BCUT2D eigenvalue weighted by molar-refractivity contribution is 14.0. The number of rotatable bonds is 5. The van der Waals surface area contributed by atoms with Crippen LogP contribution in [0.2, 0.25) is 0 Å². The first-order chi connectivity index (χ1) is 10.8. The number of aliphatic imine (C=N–C) groups is 1. The summed E-state index contributed by atoms with van der Waals surface area (Å²) in [5, 5.41) is 3.25. The Balaban J connectivity index is 0.00000192. The van der Waals surface area contributed by atoms with Crippen molar-refractivity contribution in [3.63, 3.8) is 0 Å². The van der Waals surface area contributed by atoms with E-state index >= 15 is 0 Å². The van der Waals surface area contributed by atoms with Crippen LogP contribution in [0.4, 0.5) is 5.69 Å². The molecule has 0 saturated carbocycles. The van der Waals surface area contributed by atoms with Gasteiger partial charge in [0.1, 0.15) is 0 Å². The number of hydrogen-bond donors (Lipinski definition) is 2. The molecule has 0 unspecified atom stereocenters. The standard InChI is InChI=1S/C18H28N4.HI/c1-2-10-22-11-4-7-17(22)13-20-18(19)21-16-9-8-14-5-3-6-15(14)12-16;/h8-9,12,17H,2-7,10-11,13H2,1H3,(H3,19,20,21);1H/t17-;/m0./s1. The lowest BCUT2D eigenvalue weighted by Gasteiger charge is -2.22. The lowest BCUT2D eigenvalue weighted by atomic mass is 10.1. The summed E-state index contributed by atoms with van der Waals surface area (Å²) >= 11 is 0. The molecule has 1 atom stereocenters. The number of nitrogens with one attached hydrogen (secondary N) is 1. The van der Waals surface area contributed by atoms with Gasteiger partial charge in [-0.3, -0.25) is 9.89 Å². The predicted octanol–water partition coefficient (Wildman–Crippen LogP) is 3.39. The molecule has 2 aliphatic rings. The van der Waals surface area contributed by atoms with Gasteiger partial charge >= 0.3 is 0 Å². The Hall–Kier alpha value is -0.820. The summed E-state index contributed by atoms with van der Waals surface area (Å²) in [5.74, 6) is 0.543. The van der Waals surface area contributed by atoms with E-state index in [1.165, 1.54) is 62.7 Å². The van der Waals surface area contributed by atoms with Gasteiger partial charge in [-0.25, -0.2) is 0 Å². The van der Waals surface area contributed by atoms with Crippen LogP contribution in [-0.4, -0.2) is 36.5 Å². The number of anilines is 1. The van der Waals surface area contributed by atoms with Gasteiger partial charge in [-0.05, 0) is 74.9 Å². The van der Waals surface area contributed by atoms with Crippen molar-refractivity contribution >= 4 is 35.6 Å². The molecule has 3 N–H and O–H groups in total. The number of aryl methyl sites for hydroxylation is 2. The molecule has 0 amide bonds. The number of guanidine groups is 1. The quantitative estimate of drug-likeness (QED) is 0.430. The highest BCUT2D eigenvalue weighted by Gasteiger charge is 2.23. The second kappa shape index (κ2) is 8.87. The zero-order chi connectivity index (χ0) is 15.4. The lowest BCUT2D eigenvalue weighted by Crippen LogP contribution is -2.33. The van der Waals surface area contributed by atoms with Crippen LogP contribution >= 0.6 is 24.0 Å². The van der Waals surface area contributed by atoms with E-state index in [1.54, 1.807) is 0 Å². The van der Waals surface area contributed by atoms with Crippen LogP contribution in [0.25, 0.3) is 0 Å². The fourth-order valence-corrected chi connectivity index (χ4v) is 3.72. The highest BCUT2D eigenvalue weighted by atomic mass is 127. The lowest BCUT2D eigenvalue weighted by molar-refractivity contribution is 0.260. The molecular weight excluding hydrogens is 399 g/mol. The molecule has 1 fully saturated rings. The maximum Gasteiger partial charge on any atom is 0.193 e. The van der Waals surface area contributed by atoms with Crippen molar-refractivity contribution in [2.45, 2.75) is 51.5 Å². The van der Waals surface area contributed by atoms with E-state index in [4.69, 9.17) is 5.73 Å². The Morgan fingerprint density at radius 2 is 2.13 bits per heavy atom. The van der Waals surface area contributed by atoms with Crippen LogP contribution in [-0.2, 0) is 12.8 Å². The summed E-state index contributed by atoms with van der Waals surface area (Å²) in [7, 11) is 0. The van der Waals surface area contributed by atoms with E-state index in [1.807, 2.05) is 0 Å². The highest BCUT2D eigenvalue weighted by Crippen LogP contribution is 2.24. The Kier molecular flexibility index (Phi) is 7.14. The predicted molar refractivity (Wildman–Crippen MR) is 109 cm³/mol. The van der Waals surface area contributed by atoms with Gasteiger partial charge in [0.2, 0.25) is 0 Å². The first-order valence-electron chi connectivity index (χ1n) is 8.69. The third kappa shape index (κ3) is 4.83. The van der Waals surface area contributed by atoms with Crippen LogP contribution < -0.4 is 11.1 Å². The number of benzene rings is 1. The van der Waals surface area contributed by atoms with Gasteiger partial charge in [0.25, 0.3) is 0 Å². The molecule has 1 heterocycles. The Morgan fingerprint density at radius 3 is 2.96 bits per heavy atom. The van der Waals surface area contributed by atoms with Crippen molar-refractivity contribution in [2.75, 3.05) is 25.0 Å². The molecule has 23 heavy (non-hydrogen) atoms. The molecule has 0 bridgehead atoms. The zero-order valence-electron chi connectivity index (χ0n) is 14.1. The van der Waals surface area contributed by atoms with Gasteiger partial charge in [-0.1, -0.05) is 13.0 Å². The number of halogens is 1. The molecule has 1 aromatic carbocycles. The first kappa shape index (κ1) is 18.5.